The van der Waals surface area contributed by atoms with Gasteiger partial charge in [0, 0.05) is 37.7 Å². The Morgan fingerprint density at radius 1 is 1.15 bits per heavy atom. The number of phenolic OH excluding ortho intramolecular Hbond substituents is 1. The van der Waals surface area contributed by atoms with E-state index < -0.39 is 52.3 Å². The molecule has 212 valence electrons. The van der Waals surface area contributed by atoms with Crippen molar-refractivity contribution in [2.24, 2.45) is 23.5 Å². The lowest BCUT2D eigenvalue weighted by atomic mass is 9.59. The van der Waals surface area contributed by atoms with Crippen LogP contribution >= 0.6 is 11.8 Å². The molecule has 1 saturated heterocycles. The molecule has 2 fully saturated rings. The number of carbonyl (C=O) groups is 2. The van der Waals surface area contributed by atoms with Crippen LogP contribution in [0, 0.1) is 17.8 Å². The average Bonchev–Trinajstić information content (AvgIpc) is 2.87. The van der Waals surface area contributed by atoms with Crippen molar-refractivity contribution in [2.75, 3.05) is 30.5 Å². The molecular formula is C29H38N2O7S. The van der Waals surface area contributed by atoms with E-state index in [-0.39, 0.29) is 29.7 Å². The minimum absolute atomic E-state index is 0.0724. The van der Waals surface area contributed by atoms with Crippen LogP contribution in [0.4, 0.5) is 5.69 Å². The van der Waals surface area contributed by atoms with Gasteiger partial charge in [0.1, 0.15) is 23.5 Å². The Kier molecular flexibility index (Phi) is 7.52. The van der Waals surface area contributed by atoms with E-state index in [1.165, 1.54) is 24.3 Å². The van der Waals surface area contributed by atoms with E-state index in [9.17, 15) is 35.1 Å². The fraction of sp³-hybridized carbons (Fsp3) is 0.586. The second kappa shape index (κ2) is 10.5. The van der Waals surface area contributed by atoms with Crippen molar-refractivity contribution < 1.29 is 35.1 Å². The number of thioether (sulfide) groups is 1. The Labute approximate surface area is 232 Å². The summed E-state index contributed by atoms with van der Waals surface area (Å²) in [6.07, 6.45) is 3.35. The molecule has 10 heteroatoms. The molecule has 1 aromatic carbocycles. The molecule has 1 unspecified atom stereocenters. The van der Waals surface area contributed by atoms with Crippen LogP contribution in [0.15, 0.2) is 23.0 Å². The number of Topliss-reactive ketones (excluding diaryl/α,β-unsaturated/α-hetero) is 2. The largest absolute Gasteiger partial charge is 0.508 e. The van der Waals surface area contributed by atoms with Crippen LogP contribution in [0.5, 0.6) is 5.75 Å². The fourth-order valence-electron chi connectivity index (χ4n) is 7.00. The summed E-state index contributed by atoms with van der Waals surface area (Å²) in [5.41, 5.74) is 4.71. The van der Waals surface area contributed by atoms with Gasteiger partial charge in [-0.25, -0.2) is 0 Å². The minimum atomic E-state index is -2.49. The zero-order valence-electron chi connectivity index (χ0n) is 22.4. The maximum absolute atomic E-state index is 13.8. The number of hydrogen-bond donors (Lipinski definition) is 6. The molecule has 1 heterocycles. The highest BCUT2D eigenvalue weighted by molar-refractivity contribution is 7.99. The molecule has 0 amide bonds. The molecule has 1 saturated carbocycles. The third-order valence-electron chi connectivity index (χ3n) is 9.09. The van der Waals surface area contributed by atoms with E-state index >= 15 is 0 Å². The lowest BCUT2D eigenvalue weighted by Gasteiger charge is -2.46. The molecule has 9 nitrogen and oxygen atoms in total. The second-order valence-electron chi connectivity index (χ2n) is 11.6. The number of aryl methyl sites for hydroxylation is 1. The number of carbonyl (C=O) groups excluding carboxylic acids is 2. The molecule has 4 aliphatic rings. The second-order valence-corrected chi connectivity index (χ2v) is 12.9. The lowest BCUT2D eigenvalue weighted by molar-refractivity contribution is -0.147. The van der Waals surface area contributed by atoms with Gasteiger partial charge in [-0.15, -0.1) is 0 Å². The molecule has 39 heavy (non-hydrogen) atoms. The highest BCUT2D eigenvalue weighted by Crippen LogP contribution is 2.53. The number of phenols is 1. The van der Waals surface area contributed by atoms with Crippen molar-refractivity contribution in [1.82, 2.24) is 0 Å². The van der Waals surface area contributed by atoms with Crippen molar-refractivity contribution in [3.05, 3.63) is 39.7 Å². The van der Waals surface area contributed by atoms with Gasteiger partial charge in [0.15, 0.2) is 11.4 Å². The lowest BCUT2D eigenvalue weighted by Crippen LogP contribution is -2.58. The van der Waals surface area contributed by atoms with Crippen LogP contribution in [0.3, 0.4) is 0 Å². The molecule has 4 atom stereocenters. The number of ketones is 2. The van der Waals surface area contributed by atoms with Gasteiger partial charge >= 0.3 is 0 Å². The van der Waals surface area contributed by atoms with E-state index in [4.69, 9.17) is 5.73 Å². The maximum Gasteiger partial charge on any atom is 0.202 e. The van der Waals surface area contributed by atoms with Crippen molar-refractivity contribution in [3.63, 3.8) is 0 Å². The number of anilines is 1. The third-order valence-corrected chi connectivity index (χ3v) is 10.1. The SMILES string of the molecule is CN(C)c1cc(CCCC2CCSCC2)c(O)c2c1C[C@H]1C[C@H]3CC(=O)C(C(N)O)=C(O)[C@@]3(O)C(=O)C1=C2O. The number of aliphatic hydroxyl groups is 4. The molecule has 7 N–H and O–H groups in total. The average molecular weight is 559 g/mol. The van der Waals surface area contributed by atoms with E-state index in [0.717, 1.165) is 18.5 Å². The molecule has 1 aromatic rings. The van der Waals surface area contributed by atoms with Gasteiger partial charge in [0.2, 0.25) is 5.78 Å². The first-order chi connectivity index (χ1) is 18.5. The number of aromatic hydroxyl groups is 1. The van der Waals surface area contributed by atoms with Gasteiger partial charge in [-0.2, -0.15) is 11.8 Å². The maximum atomic E-state index is 13.8. The summed E-state index contributed by atoms with van der Waals surface area (Å²) in [6.45, 7) is 0. The predicted molar refractivity (Wildman–Crippen MR) is 150 cm³/mol. The Hall–Kier alpha value is -2.53. The molecule has 0 aromatic heterocycles. The first-order valence-electron chi connectivity index (χ1n) is 13.7. The van der Waals surface area contributed by atoms with Crippen LogP contribution in [0.25, 0.3) is 5.76 Å². The Bertz CT molecular complexity index is 1260. The quantitative estimate of drug-likeness (QED) is 0.286. The normalized spacial score (nSPS) is 28.2. The zero-order chi connectivity index (χ0) is 28.2. The van der Waals surface area contributed by atoms with Crippen LogP contribution < -0.4 is 10.6 Å². The summed E-state index contributed by atoms with van der Waals surface area (Å²) >= 11 is 1.99. The van der Waals surface area contributed by atoms with Crippen molar-refractivity contribution in [1.29, 1.82) is 0 Å². The number of benzene rings is 1. The highest BCUT2D eigenvalue weighted by atomic mass is 32.2. The topological polar surface area (TPSA) is 165 Å². The van der Waals surface area contributed by atoms with Crippen molar-refractivity contribution in [2.45, 2.75) is 63.2 Å². The number of hydrogen-bond acceptors (Lipinski definition) is 10. The van der Waals surface area contributed by atoms with Crippen LogP contribution in [-0.4, -0.2) is 74.5 Å². The minimum Gasteiger partial charge on any atom is -0.508 e. The third kappa shape index (κ3) is 4.55. The number of nitrogens with two attached hydrogens (primary N) is 1. The summed E-state index contributed by atoms with van der Waals surface area (Å²) in [5.74, 6) is -1.39. The summed E-state index contributed by atoms with van der Waals surface area (Å²) in [4.78, 5) is 28.3. The fourth-order valence-corrected chi connectivity index (χ4v) is 8.21. The standard InChI is InChI=1S/C29H38N2O7S/c1-31(2)19-12-15(5-3-4-14-6-8-39-9-7-14)24(33)22-18(19)11-16-10-17-13-20(32)23(28(30)37)27(36)29(17,38)26(35)21(16)25(22)34/h12,14,16-17,28,33-34,36-38H,3-11,13,30H2,1-2H3/t16-,17+,28?,29+/m1/s1. The van der Waals surface area contributed by atoms with Gasteiger partial charge in [-0.1, -0.05) is 6.42 Å². The first-order valence-corrected chi connectivity index (χ1v) is 14.9. The van der Waals surface area contributed by atoms with Crippen LogP contribution in [-0.2, 0) is 22.4 Å². The van der Waals surface area contributed by atoms with Gasteiger partial charge in [0.25, 0.3) is 0 Å². The molecule has 0 bridgehead atoms. The zero-order valence-corrected chi connectivity index (χ0v) is 23.3. The Morgan fingerprint density at radius 2 is 1.85 bits per heavy atom. The highest BCUT2D eigenvalue weighted by Gasteiger charge is 2.60. The van der Waals surface area contributed by atoms with Gasteiger partial charge < -0.3 is 36.2 Å². The van der Waals surface area contributed by atoms with E-state index in [1.807, 2.05) is 36.8 Å². The van der Waals surface area contributed by atoms with Gasteiger partial charge in [-0.05, 0) is 79.1 Å². The summed E-state index contributed by atoms with van der Waals surface area (Å²) in [7, 11) is 3.78. The smallest absolute Gasteiger partial charge is 0.202 e. The predicted octanol–water partition coefficient (Wildman–Crippen LogP) is 2.75. The molecular weight excluding hydrogens is 520 g/mol. The number of nitrogens with zero attached hydrogens (tertiary/aromatic N) is 1. The van der Waals surface area contributed by atoms with E-state index in [1.54, 1.807) is 0 Å². The number of rotatable bonds is 6. The van der Waals surface area contributed by atoms with Crippen LogP contribution in [0.2, 0.25) is 0 Å². The van der Waals surface area contributed by atoms with Crippen molar-refractivity contribution in [3.8, 4) is 5.75 Å². The van der Waals surface area contributed by atoms with Gasteiger partial charge in [-0.3, -0.25) is 9.59 Å². The summed E-state index contributed by atoms with van der Waals surface area (Å²) in [6, 6.07) is 1.96. The first kappa shape index (κ1) is 28.0. The van der Waals surface area contributed by atoms with E-state index in [0.29, 0.717) is 29.9 Å². The molecule has 3 aliphatic carbocycles. The molecule has 5 rings (SSSR count). The van der Waals surface area contributed by atoms with Crippen LogP contribution in [0.1, 0.15) is 55.2 Å². The summed E-state index contributed by atoms with van der Waals surface area (Å²) < 4.78 is 0. The Balaban J connectivity index is 1.55. The molecule has 1 aliphatic heterocycles. The van der Waals surface area contributed by atoms with Gasteiger partial charge in [0.05, 0.1) is 11.1 Å². The number of fused-ring (bicyclic) bond motifs is 3. The summed E-state index contributed by atoms with van der Waals surface area (Å²) in [5, 5.41) is 55.0. The monoisotopic (exact) mass is 558 g/mol. The molecule has 0 radical (unpaired) electrons. The van der Waals surface area contributed by atoms with Crippen molar-refractivity contribution >= 4 is 34.8 Å². The molecule has 0 spiro atoms. The van der Waals surface area contributed by atoms with E-state index in [2.05, 4.69) is 0 Å². The number of aliphatic hydroxyl groups excluding tert-OH is 3. The Morgan fingerprint density at radius 3 is 2.49 bits per heavy atom.